The fourth-order valence-corrected chi connectivity index (χ4v) is 3.23. The zero-order valence-corrected chi connectivity index (χ0v) is 10.6. The normalized spacial score (nSPS) is 18.9. The van der Waals surface area contributed by atoms with E-state index in [1.54, 1.807) is 16.9 Å². The number of rotatable bonds is 3. The second kappa shape index (κ2) is 4.69. The molecule has 2 aromatic heterocycles. The molecule has 8 heteroatoms. The minimum atomic E-state index is -0.646. The molecule has 7 nitrogen and oxygen atoms in total. The minimum absolute atomic E-state index is 0.479. The van der Waals surface area contributed by atoms with Gasteiger partial charge in [0, 0.05) is 12.7 Å². The Morgan fingerprint density at radius 3 is 3.11 bits per heavy atom. The predicted octanol–water partition coefficient (Wildman–Crippen LogP) is 0.189. The third-order valence-corrected chi connectivity index (χ3v) is 4.11. The predicted molar refractivity (Wildman–Crippen MR) is 68.6 cm³/mol. The van der Waals surface area contributed by atoms with Gasteiger partial charge >= 0.3 is 0 Å². The third-order valence-electron chi connectivity index (χ3n) is 3.12. The Morgan fingerprint density at radius 1 is 1.44 bits per heavy atom. The molecule has 0 atom stereocenters. The van der Waals surface area contributed by atoms with E-state index in [9.17, 15) is 5.11 Å². The number of thioether (sulfide) groups is 1. The van der Waals surface area contributed by atoms with Crippen molar-refractivity contribution in [2.24, 2.45) is 0 Å². The molecule has 18 heavy (non-hydrogen) atoms. The van der Waals surface area contributed by atoms with E-state index in [1.807, 2.05) is 11.8 Å². The van der Waals surface area contributed by atoms with Crippen molar-refractivity contribution in [2.75, 3.05) is 23.4 Å². The summed E-state index contributed by atoms with van der Waals surface area (Å²) in [5.74, 6) is 2.61. The Balaban J connectivity index is 1.74. The van der Waals surface area contributed by atoms with Gasteiger partial charge in [0.1, 0.15) is 0 Å². The summed E-state index contributed by atoms with van der Waals surface area (Å²) < 4.78 is 1.55. The van der Waals surface area contributed by atoms with Crippen LogP contribution in [0.4, 0.5) is 5.82 Å². The lowest BCUT2D eigenvalue weighted by molar-refractivity contribution is 0.0453. The molecule has 1 fully saturated rings. The molecule has 1 saturated heterocycles. The molecule has 3 rings (SSSR count). The van der Waals surface area contributed by atoms with Crippen LogP contribution in [0.5, 0.6) is 0 Å². The summed E-state index contributed by atoms with van der Waals surface area (Å²) in [5.41, 5.74) is -0.0704. The quantitative estimate of drug-likeness (QED) is 0.819. The zero-order chi connectivity index (χ0) is 12.4. The number of aliphatic hydroxyl groups is 1. The van der Waals surface area contributed by atoms with Gasteiger partial charge in [0.25, 0.3) is 0 Å². The summed E-state index contributed by atoms with van der Waals surface area (Å²) >= 11 is 1.88. The number of hydrogen-bond acceptors (Lipinski definition) is 7. The molecule has 0 bridgehead atoms. The number of nitrogens with zero attached hydrogens (tertiary/aromatic N) is 5. The molecule has 0 amide bonds. The molecule has 3 heterocycles. The van der Waals surface area contributed by atoms with Gasteiger partial charge in [-0.1, -0.05) is 0 Å². The van der Waals surface area contributed by atoms with Crippen LogP contribution in [-0.2, 0) is 0 Å². The van der Waals surface area contributed by atoms with Crippen LogP contribution in [-0.4, -0.2) is 53.8 Å². The number of anilines is 1. The first kappa shape index (κ1) is 11.7. The third kappa shape index (κ3) is 2.25. The highest BCUT2D eigenvalue weighted by Gasteiger charge is 2.29. The molecule has 0 spiro atoms. The molecular weight excluding hydrogens is 252 g/mol. The van der Waals surface area contributed by atoms with E-state index in [-0.39, 0.29) is 0 Å². The molecule has 1 aliphatic rings. The highest BCUT2D eigenvalue weighted by molar-refractivity contribution is 7.99. The molecule has 0 unspecified atom stereocenters. The van der Waals surface area contributed by atoms with Crippen LogP contribution in [0.3, 0.4) is 0 Å². The van der Waals surface area contributed by atoms with Gasteiger partial charge < -0.3 is 10.4 Å². The summed E-state index contributed by atoms with van der Waals surface area (Å²) in [4.78, 5) is 4.20. The van der Waals surface area contributed by atoms with Crippen LogP contribution in [0.2, 0.25) is 0 Å². The van der Waals surface area contributed by atoms with Gasteiger partial charge in [-0.25, -0.2) is 4.98 Å². The number of hydrogen-bond donors (Lipinski definition) is 2. The Hall–Kier alpha value is -1.41. The smallest absolute Gasteiger partial charge is 0.221 e. The van der Waals surface area contributed by atoms with Crippen molar-refractivity contribution in [1.82, 2.24) is 25.0 Å². The fraction of sp³-hybridized carbons (Fsp3) is 0.600. The zero-order valence-electron chi connectivity index (χ0n) is 9.78. The summed E-state index contributed by atoms with van der Waals surface area (Å²) in [6.45, 7) is 0.479. The molecule has 0 radical (unpaired) electrons. The van der Waals surface area contributed by atoms with Gasteiger partial charge in [0.2, 0.25) is 5.65 Å². The van der Waals surface area contributed by atoms with Crippen molar-refractivity contribution in [1.29, 1.82) is 0 Å². The summed E-state index contributed by atoms with van der Waals surface area (Å²) in [6, 6.07) is 0. The summed E-state index contributed by atoms with van der Waals surface area (Å²) in [7, 11) is 0. The van der Waals surface area contributed by atoms with Gasteiger partial charge in [-0.15, -0.1) is 5.10 Å². The Morgan fingerprint density at radius 2 is 2.28 bits per heavy atom. The van der Waals surface area contributed by atoms with E-state index in [0.29, 0.717) is 18.0 Å². The number of aromatic nitrogens is 5. The average Bonchev–Trinajstić information content (AvgIpc) is 2.86. The molecule has 0 aromatic carbocycles. The van der Waals surface area contributed by atoms with Gasteiger partial charge in [-0.05, 0) is 34.8 Å². The maximum absolute atomic E-state index is 10.4. The fourth-order valence-electron chi connectivity index (χ4n) is 1.98. The van der Waals surface area contributed by atoms with Crippen LogP contribution in [0, 0.1) is 0 Å². The van der Waals surface area contributed by atoms with Crippen LogP contribution >= 0.6 is 11.8 Å². The van der Waals surface area contributed by atoms with Crippen molar-refractivity contribution in [3.63, 3.8) is 0 Å². The topological polar surface area (TPSA) is 88.2 Å². The van der Waals surface area contributed by atoms with E-state index in [4.69, 9.17) is 0 Å². The Labute approximate surface area is 108 Å². The second-order valence-corrected chi connectivity index (χ2v) is 5.64. The lowest BCUT2D eigenvalue weighted by Crippen LogP contribution is -2.40. The van der Waals surface area contributed by atoms with Crippen LogP contribution in [0.1, 0.15) is 12.8 Å². The maximum atomic E-state index is 10.4. The maximum Gasteiger partial charge on any atom is 0.221 e. The van der Waals surface area contributed by atoms with E-state index in [2.05, 4.69) is 25.8 Å². The van der Waals surface area contributed by atoms with Crippen molar-refractivity contribution in [2.45, 2.75) is 18.4 Å². The van der Waals surface area contributed by atoms with Crippen molar-refractivity contribution >= 4 is 23.2 Å². The van der Waals surface area contributed by atoms with Gasteiger partial charge in [0.05, 0.1) is 11.8 Å². The highest BCUT2D eigenvalue weighted by Crippen LogP contribution is 2.27. The Kier molecular flexibility index (Phi) is 3.04. The van der Waals surface area contributed by atoms with Crippen molar-refractivity contribution in [3.8, 4) is 0 Å². The summed E-state index contributed by atoms with van der Waals surface area (Å²) in [6.07, 6.45) is 4.93. The highest BCUT2D eigenvalue weighted by atomic mass is 32.2. The molecule has 96 valence electrons. The molecule has 2 aromatic rings. The molecular formula is C10H14N6OS. The second-order valence-electron chi connectivity index (χ2n) is 4.41. The van der Waals surface area contributed by atoms with E-state index < -0.39 is 5.60 Å². The monoisotopic (exact) mass is 266 g/mol. The molecule has 0 aliphatic carbocycles. The van der Waals surface area contributed by atoms with Gasteiger partial charge in [0.15, 0.2) is 5.82 Å². The standard InChI is InChI=1S/C10H14N6OS/c17-10(1-5-18-6-2-10)7-12-8-9-13-14-15-16(9)4-3-11-8/h3-4,17H,1-2,5-7H2,(H,11,12). The minimum Gasteiger partial charge on any atom is -0.388 e. The molecule has 0 saturated carbocycles. The van der Waals surface area contributed by atoms with E-state index in [1.165, 1.54) is 0 Å². The number of tetrazole rings is 1. The van der Waals surface area contributed by atoms with Gasteiger partial charge in [-0.3, -0.25) is 0 Å². The number of nitrogens with one attached hydrogen (secondary N) is 1. The summed E-state index contributed by atoms with van der Waals surface area (Å²) in [5, 5.41) is 24.8. The first-order valence-corrected chi connectivity index (χ1v) is 6.99. The SMILES string of the molecule is OC1(CNc2nccn3nnnc23)CCSCC1. The first-order chi connectivity index (χ1) is 8.77. The van der Waals surface area contributed by atoms with Crippen LogP contribution < -0.4 is 5.32 Å². The van der Waals surface area contributed by atoms with E-state index in [0.717, 1.165) is 24.3 Å². The molecule has 2 N–H and O–H groups in total. The van der Waals surface area contributed by atoms with E-state index >= 15 is 0 Å². The average molecular weight is 266 g/mol. The van der Waals surface area contributed by atoms with Crippen molar-refractivity contribution < 1.29 is 5.11 Å². The largest absolute Gasteiger partial charge is 0.388 e. The Bertz CT molecular complexity index is 538. The first-order valence-electron chi connectivity index (χ1n) is 5.84. The van der Waals surface area contributed by atoms with Crippen LogP contribution in [0.15, 0.2) is 12.4 Å². The lowest BCUT2D eigenvalue weighted by atomic mass is 9.97. The lowest BCUT2D eigenvalue weighted by Gasteiger charge is -2.31. The van der Waals surface area contributed by atoms with Gasteiger partial charge in [-0.2, -0.15) is 16.3 Å². The van der Waals surface area contributed by atoms with Crippen LogP contribution in [0.25, 0.3) is 5.65 Å². The molecule has 1 aliphatic heterocycles. The number of fused-ring (bicyclic) bond motifs is 1. The van der Waals surface area contributed by atoms with Crippen molar-refractivity contribution in [3.05, 3.63) is 12.4 Å².